The van der Waals surface area contributed by atoms with Gasteiger partial charge in [0.25, 0.3) is 0 Å². The lowest BCUT2D eigenvalue weighted by Crippen LogP contribution is -2.15. The summed E-state index contributed by atoms with van der Waals surface area (Å²) in [6, 6.07) is 14.6. The largest absolute Gasteiger partial charge is 0.479 e. The van der Waals surface area contributed by atoms with Crippen LogP contribution in [0.3, 0.4) is 0 Å². The third-order valence-electron chi connectivity index (χ3n) is 24.7. The molecule has 107 heavy (non-hydrogen) atoms. The molecule has 0 spiro atoms. The van der Waals surface area contributed by atoms with Crippen LogP contribution in [0.4, 0.5) is 0 Å². The second-order valence-corrected chi connectivity index (χ2v) is 57.9. The maximum atomic E-state index is 5.75. The molecule has 0 N–H and O–H groups in total. The highest BCUT2D eigenvalue weighted by Crippen LogP contribution is 2.57. The Labute approximate surface area is 666 Å². The first-order valence-electron chi connectivity index (χ1n) is 42.7. The zero-order chi connectivity index (χ0) is 76.8. The van der Waals surface area contributed by atoms with Gasteiger partial charge in [0.05, 0.1) is 47.2 Å². The number of nitrogens with zero attached hydrogens (tertiary/aromatic N) is 7. The number of rotatable bonds is 14. The molecule has 21 heteroatoms. The molecule has 16 heterocycles. The number of pyridine rings is 2. The summed E-state index contributed by atoms with van der Waals surface area (Å²) < 4.78 is 28.2. The maximum Gasteiger partial charge on any atom is 0.191 e. The molecular formula is C86H152N7O5P9. The molecule has 0 radical (unpaired) electrons. The molecule has 23 atom stereocenters. The molecule has 0 saturated carbocycles. The first-order chi connectivity index (χ1) is 51.6. The predicted molar refractivity (Wildman–Crippen MR) is 490 cm³/mol. The average molecular weight is 1640 g/mol. The van der Waals surface area contributed by atoms with Gasteiger partial charge in [-0.2, -0.15) is 0 Å². The molecule has 16 rings (SSSR count). The van der Waals surface area contributed by atoms with Crippen LogP contribution < -0.4 is 0 Å². The molecule has 14 aliphatic heterocycles. The topological polar surface area (TPSA) is 134 Å². The fourth-order valence-electron chi connectivity index (χ4n) is 17.2. The summed E-state index contributed by atoms with van der Waals surface area (Å²) >= 11 is 0. The van der Waals surface area contributed by atoms with E-state index in [-0.39, 0.29) is 47.5 Å². The molecule has 0 aromatic carbocycles. The Morgan fingerprint density at radius 2 is 0.664 bits per heavy atom. The number of hydrogen-bond donors (Lipinski definition) is 0. The molecule has 0 unspecified atom stereocenters. The van der Waals surface area contributed by atoms with Gasteiger partial charge in [-0.15, -0.1) is 47.5 Å². The van der Waals surface area contributed by atoms with Gasteiger partial charge in [0.15, 0.2) is 29.5 Å². The molecule has 12 nitrogen and oxygen atoms in total. The minimum atomic E-state index is 0.166. The highest BCUT2D eigenvalue weighted by molar-refractivity contribution is 7.60. The molecule has 606 valence electrons. The Morgan fingerprint density at radius 1 is 0.336 bits per heavy atom. The van der Waals surface area contributed by atoms with Gasteiger partial charge in [-0.25, -0.2) is 25.0 Å². The van der Waals surface area contributed by atoms with E-state index in [1.54, 1.807) is 12.3 Å². The van der Waals surface area contributed by atoms with E-state index in [2.05, 4.69) is 172 Å². The fourth-order valence-corrected chi connectivity index (χ4v) is 36.9. The van der Waals surface area contributed by atoms with Crippen molar-refractivity contribution in [3.05, 3.63) is 60.2 Å². The monoisotopic (exact) mass is 1640 g/mol. The molecule has 0 bridgehead atoms. The summed E-state index contributed by atoms with van der Waals surface area (Å²) in [7, 11) is 2.57. The smallest absolute Gasteiger partial charge is 0.191 e. The summed E-state index contributed by atoms with van der Waals surface area (Å²) in [5.41, 5.74) is 10.5. The average Bonchev–Trinajstić information content (AvgIpc) is 1.70. The lowest BCUT2D eigenvalue weighted by atomic mass is 10.1. The van der Waals surface area contributed by atoms with Crippen molar-refractivity contribution in [2.75, 3.05) is 148 Å². The first-order valence-corrected chi connectivity index (χ1v) is 61.1. The third-order valence-corrected chi connectivity index (χ3v) is 48.9. The Kier molecular flexibility index (Phi) is 42.6. The van der Waals surface area contributed by atoms with Crippen LogP contribution in [-0.2, 0) is 30.1 Å². The van der Waals surface area contributed by atoms with Crippen LogP contribution in [0.25, 0.3) is 0 Å². The van der Waals surface area contributed by atoms with Gasteiger partial charge in [0, 0.05) is 42.3 Å². The van der Waals surface area contributed by atoms with Crippen LogP contribution in [0.5, 0.6) is 0 Å². The van der Waals surface area contributed by atoms with E-state index in [4.69, 9.17) is 33.7 Å². The predicted octanol–water partition coefficient (Wildman–Crippen LogP) is 23.7. The summed E-state index contributed by atoms with van der Waals surface area (Å²) in [5, 5.41) is 0. The van der Waals surface area contributed by atoms with Gasteiger partial charge in [-0.3, -0.25) is 9.97 Å². The molecule has 0 amide bonds. The number of ether oxygens (including phenoxy) is 5. The van der Waals surface area contributed by atoms with Gasteiger partial charge in [0.2, 0.25) is 0 Å². The minimum absolute atomic E-state index is 0.166. The van der Waals surface area contributed by atoms with Gasteiger partial charge in [-0.05, 0) is 335 Å². The quantitative estimate of drug-likeness (QED) is 0.172. The standard InChI is InChI=1S/C12H22NOP.C11H20NOP.C11H16NP.C10H18NOP.C10H14NP.2C9H16NOP.2C7H15P/c1-9(2)11-8-14-12(13-11)7-10-5-4-6-15(10)3;1-8(2)9-7-13-11(12-9)10-5-4-6-14(10)3;1-13-8-4-6-11(13)9-10-5-2-3-7-12-10;1-8-7-12-10(11-8)6-9-4-3-5-13(9)2;1-12-8-4-6-10(12)9-5-2-3-7-11-9;2*1-7-6-11-9(10-7)8-4-3-5-12(8)2;2*1-3-7-5-4-6-8(7)2/h9-11H,4-8H2,1-3H3;8-10H,4-7H2,1-3H3;2-3,5,7,11H,4,6,8-9H2,1H3;8-9H,3-7H2,1-2H3;2-3,5,7,10H,4,6,8H2,1H3;2*7-8H,3-6H2,1-2H3;2*7H,3-6H2,1-2H3/t10-,11-,15+;9-,10-,14+;11-,13+;8-,9+,13-;10-,12+;2*7-,8+,12-;2*7-,8-/m111010000/s1. The Hall–Kier alpha value is -0.480. The van der Waals surface area contributed by atoms with Crippen molar-refractivity contribution in [2.24, 2.45) is 36.8 Å². The zero-order valence-corrected chi connectivity index (χ0v) is 78.8. The maximum absolute atomic E-state index is 5.75. The summed E-state index contributed by atoms with van der Waals surface area (Å²) in [5.74, 6) is 6.58. The number of aliphatic imine (C=N–C) groups is 5. The highest BCUT2D eigenvalue weighted by atomic mass is 31.1. The van der Waals surface area contributed by atoms with Crippen molar-refractivity contribution in [1.82, 2.24) is 9.97 Å². The zero-order valence-electron chi connectivity index (χ0n) is 70.7. The minimum Gasteiger partial charge on any atom is -0.479 e. The number of aromatic nitrogens is 2. The lowest BCUT2D eigenvalue weighted by molar-refractivity contribution is 0.285. The van der Waals surface area contributed by atoms with Crippen LogP contribution in [0.2, 0.25) is 0 Å². The molecule has 2 aromatic rings. The molecule has 14 aliphatic rings. The van der Waals surface area contributed by atoms with Crippen molar-refractivity contribution in [1.29, 1.82) is 0 Å². The van der Waals surface area contributed by atoms with Gasteiger partial charge >= 0.3 is 0 Å². The second kappa shape index (κ2) is 49.6. The van der Waals surface area contributed by atoms with E-state index in [9.17, 15) is 0 Å². The van der Waals surface area contributed by atoms with Crippen molar-refractivity contribution >= 4 is 101 Å². The van der Waals surface area contributed by atoms with Crippen LogP contribution in [0.15, 0.2) is 73.8 Å². The SMILES string of the molecule is CC(C)[C@H]1COC(C[C@H]2CCC[P@]2C)=N1.CC(C)[C@H]1COC([C@H]2CCC[P@]2C)=N1.CC[C@H]1CCC[P@]1C.CC[C@H]1CCC[P@]1C.C[C@H]1COC(C[C@H]2CCC[P@]2C)=N1.C[C@H]1COC([C@H]2CCC[P@]2C)=N1.C[C@H]1COC([C@H]2CCC[P@]2C)=N1.C[P@@]1CCC[C@@H]1Cc1ccccn1.C[P@@]1CCC[C@@H]1c1ccccn1. The van der Waals surface area contributed by atoms with Crippen molar-refractivity contribution in [2.45, 2.75) is 291 Å². The number of hydrogen-bond acceptors (Lipinski definition) is 12. The van der Waals surface area contributed by atoms with Crippen molar-refractivity contribution in [3.8, 4) is 0 Å². The summed E-state index contributed by atoms with van der Waals surface area (Å²) in [6.07, 6.45) is 48.8. The van der Waals surface area contributed by atoms with Crippen molar-refractivity contribution < 1.29 is 23.7 Å². The normalized spacial score (nSPS) is 36.2. The van der Waals surface area contributed by atoms with E-state index >= 15 is 0 Å². The van der Waals surface area contributed by atoms with E-state index in [0.717, 1.165) is 109 Å². The van der Waals surface area contributed by atoms with E-state index < -0.39 is 0 Å². The fraction of sp³-hybridized carbons (Fsp3) is 0.826. The van der Waals surface area contributed by atoms with E-state index in [0.29, 0.717) is 82.8 Å². The highest BCUT2D eigenvalue weighted by Gasteiger charge is 2.37. The molecule has 9 saturated heterocycles. The third kappa shape index (κ3) is 31.2. The summed E-state index contributed by atoms with van der Waals surface area (Å²) in [6.45, 7) is 45.8. The summed E-state index contributed by atoms with van der Waals surface area (Å²) in [4.78, 5) is 31.8. The Morgan fingerprint density at radius 3 is 0.972 bits per heavy atom. The second-order valence-electron chi connectivity index (χ2n) is 34.1. The van der Waals surface area contributed by atoms with Crippen LogP contribution in [0, 0.1) is 11.8 Å². The Balaban J connectivity index is 0.000000153. The molecule has 0 aliphatic carbocycles. The van der Waals surface area contributed by atoms with Crippen molar-refractivity contribution in [3.63, 3.8) is 0 Å². The van der Waals surface area contributed by atoms with E-state index in [1.165, 1.54) is 189 Å². The molecule has 2 aromatic heterocycles. The van der Waals surface area contributed by atoms with Crippen LogP contribution in [0.1, 0.15) is 221 Å². The van der Waals surface area contributed by atoms with Crippen LogP contribution >= 0.6 is 71.3 Å². The van der Waals surface area contributed by atoms with E-state index in [1.807, 2.05) is 24.5 Å². The Bertz CT molecular complexity index is 2910. The van der Waals surface area contributed by atoms with Gasteiger partial charge in [0.1, 0.15) is 33.0 Å². The van der Waals surface area contributed by atoms with Crippen LogP contribution in [-0.4, -0.2) is 263 Å². The van der Waals surface area contributed by atoms with Gasteiger partial charge in [-0.1, -0.05) is 77.4 Å². The van der Waals surface area contributed by atoms with Gasteiger partial charge < -0.3 is 23.7 Å². The molecular weight excluding hydrogens is 1490 g/mol. The first kappa shape index (κ1) is 92.0. The lowest BCUT2D eigenvalue weighted by Gasteiger charge is -2.14. The molecule has 9 fully saturated rings.